The molecule has 0 aliphatic carbocycles. The van der Waals surface area contributed by atoms with Crippen molar-refractivity contribution < 1.29 is 23.1 Å². The van der Waals surface area contributed by atoms with Gasteiger partial charge in [0.15, 0.2) is 5.60 Å². The molecule has 2 rings (SSSR count). The third-order valence-corrected chi connectivity index (χ3v) is 3.51. The maximum atomic E-state index is 12.7. The third-order valence-electron chi connectivity index (χ3n) is 3.51. The first-order valence-corrected chi connectivity index (χ1v) is 6.58. The summed E-state index contributed by atoms with van der Waals surface area (Å²) in [6.07, 6.45) is -4.93. The van der Waals surface area contributed by atoms with Crippen molar-refractivity contribution in [2.75, 3.05) is 18.4 Å². The Morgan fingerprint density at radius 1 is 1.48 bits per heavy atom. The van der Waals surface area contributed by atoms with Gasteiger partial charge in [0.25, 0.3) is 0 Å². The van der Waals surface area contributed by atoms with Crippen LogP contribution in [0.2, 0.25) is 0 Å². The van der Waals surface area contributed by atoms with E-state index in [9.17, 15) is 23.1 Å². The third kappa shape index (κ3) is 3.74. The monoisotopic (exact) mass is 302 g/mol. The Morgan fingerprint density at radius 2 is 2.19 bits per heavy atom. The van der Waals surface area contributed by atoms with E-state index in [0.29, 0.717) is 12.2 Å². The molecule has 1 fully saturated rings. The number of halogens is 3. The van der Waals surface area contributed by atoms with Crippen molar-refractivity contribution in [2.45, 2.75) is 31.7 Å². The molecule has 4 nitrogen and oxygen atoms in total. The summed E-state index contributed by atoms with van der Waals surface area (Å²) in [6.45, 7) is 1.43. The van der Waals surface area contributed by atoms with E-state index in [1.807, 2.05) is 0 Å². The highest BCUT2D eigenvalue weighted by Gasteiger charge is 2.56. The van der Waals surface area contributed by atoms with Gasteiger partial charge in [0.05, 0.1) is 0 Å². The van der Waals surface area contributed by atoms with E-state index < -0.39 is 18.3 Å². The van der Waals surface area contributed by atoms with Crippen LogP contribution in [0.5, 0.6) is 0 Å². The number of amides is 1. The molecule has 1 aliphatic rings. The Morgan fingerprint density at radius 3 is 2.76 bits per heavy atom. The van der Waals surface area contributed by atoms with Crippen molar-refractivity contribution >= 4 is 11.6 Å². The molecule has 0 radical (unpaired) electrons. The van der Waals surface area contributed by atoms with E-state index in [-0.39, 0.29) is 18.9 Å². The first-order chi connectivity index (χ1) is 9.69. The van der Waals surface area contributed by atoms with E-state index in [2.05, 4.69) is 5.32 Å². The van der Waals surface area contributed by atoms with Gasteiger partial charge in [0.1, 0.15) is 0 Å². The second kappa shape index (κ2) is 5.65. The molecule has 0 unspecified atom stereocenters. The minimum atomic E-state index is -4.61. The van der Waals surface area contributed by atoms with Gasteiger partial charge in [-0.2, -0.15) is 13.2 Å². The summed E-state index contributed by atoms with van der Waals surface area (Å²) in [6, 6.07) is 6.93. The van der Waals surface area contributed by atoms with Gasteiger partial charge in [-0.05, 0) is 24.1 Å². The zero-order valence-corrected chi connectivity index (χ0v) is 11.6. The van der Waals surface area contributed by atoms with Crippen LogP contribution in [0.15, 0.2) is 24.3 Å². The summed E-state index contributed by atoms with van der Waals surface area (Å²) in [5.74, 6) is -0.209. The first kappa shape index (κ1) is 15.8. The van der Waals surface area contributed by atoms with Crippen molar-refractivity contribution in [1.29, 1.82) is 0 Å². The van der Waals surface area contributed by atoms with Gasteiger partial charge in [-0.1, -0.05) is 12.1 Å². The largest absolute Gasteiger partial charge is 0.418 e. The van der Waals surface area contributed by atoms with Crippen LogP contribution in [0.1, 0.15) is 18.9 Å². The van der Waals surface area contributed by atoms with Crippen LogP contribution in [-0.4, -0.2) is 40.8 Å². The summed E-state index contributed by atoms with van der Waals surface area (Å²) in [5.41, 5.74) is -1.24. The molecule has 1 aromatic carbocycles. The molecule has 0 bridgehead atoms. The van der Waals surface area contributed by atoms with Crippen LogP contribution in [0.25, 0.3) is 0 Å². The molecule has 1 atom stereocenters. The molecular weight excluding hydrogens is 285 g/mol. The number of benzene rings is 1. The number of nitrogens with one attached hydrogen (secondary N) is 1. The summed E-state index contributed by atoms with van der Waals surface area (Å²) >= 11 is 0. The highest BCUT2D eigenvalue weighted by Crippen LogP contribution is 2.38. The normalized spacial score (nSPS) is 23.3. The van der Waals surface area contributed by atoms with E-state index in [0.717, 1.165) is 5.56 Å². The predicted molar refractivity (Wildman–Crippen MR) is 71.6 cm³/mol. The lowest BCUT2D eigenvalue weighted by Gasteiger charge is -2.26. The van der Waals surface area contributed by atoms with Gasteiger partial charge in [0.2, 0.25) is 5.91 Å². The molecular formula is C14H17F3N2O2. The van der Waals surface area contributed by atoms with Crippen molar-refractivity contribution in [3.63, 3.8) is 0 Å². The Kier molecular flexibility index (Phi) is 4.25. The van der Waals surface area contributed by atoms with E-state index in [1.165, 1.54) is 6.92 Å². The van der Waals surface area contributed by atoms with Crippen molar-refractivity contribution in [2.24, 2.45) is 0 Å². The van der Waals surface area contributed by atoms with Gasteiger partial charge in [-0.15, -0.1) is 0 Å². The number of β-amino-alcohol motifs (C(OH)–C–C–N with tert-alkyl or cyclic N) is 1. The molecule has 21 heavy (non-hydrogen) atoms. The molecule has 1 heterocycles. The van der Waals surface area contributed by atoms with Crippen LogP contribution in [0.3, 0.4) is 0 Å². The number of carbonyl (C=O) groups is 1. The topological polar surface area (TPSA) is 52.6 Å². The smallest absolute Gasteiger partial charge is 0.379 e. The summed E-state index contributed by atoms with van der Waals surface area (Å²) in [4.78, 5) is 12.5. The maximum Gasteiger partial charge on any atom is 0.418 e. The van der Waals surface area contributed by atoms with Crippen LogP contribution >= 0.6 is 0 Å². The minimum Gasteiger partial charge on any atom is -0.379 e. The average Bonchev–Trinajstić information content (AvgIpc) is 2.71. The molecule has 1 saturated heterocycles. The lowest BCUT2D eigenvalue weighted by atomic mass is 10.0. The lowest BCUT2D eigenvalue weighted by Crippen LogP contribution is -2.47. The number of nitrogens with zero attached hydrogens (tertiary/aromatic N) is 1. The number of carbonyl (C=O) groups excluding carboxylic acids is 1. The molecule has 2 N–H and O–H groups in total. The second-order valence-electron chi connectivity index (χ2n) is 5.37. The molecule has 7 heteroatoms. The second-order valence-corrected chi connectivity index (χ2v) is 5.37. The number of hydrogen-bond acceptors (Lipinski definition) is 3. The quantitative estimate of drug-likeness (QED) is 0.899. The molecule has 1 aliphatic heterocycles. The van der Waals surface area contributed by atoms with Crippen LogP contribution in [0.4, 0.5) is 18.9 Å². The number of alkyl halides is 3. The van der Waals surface area contributed by atoms with E-state index in [1.54, 1.807) is 29.2 Å². The Bertz CT molecular complexity index is 533. The fourth-order valence-corrected chi connectivity index (χ4v) is 2.45. The number of anilines is 1. The van der Waals surface area contributed by atoms with Gasteiger partial charge in [-0.25, -0.2) is 0 Å². The fraction of sp³-hybridized carbons (Fsp3) is 0.500. The Balaban J connectivity index is 2.02. The van der Waals surface area contributed by atoms with Gasteiger partial charge < -0.3 is 10.4 Å². The molecule has 0 spiro atoms. The fourth-order valence-electron chi connectivity index (χ4n) is 2.45. The van der Waals surface area contributed by atoms with Crippen LogP contribution in [0, 0.1) is 0 Å². The summed E-state index contributed by atoms with van der Waals surface area (Å²) < 4.78 is 38.2. The number of hydrogen-bond donors (Lipinski definition) is 2. The number of aliphatic hydroxyl groups is 1. The highest BCUT2D eigenvalue weighted by atomic mass is 19.4. The molecule has 1 amide bonds. The predicted octanol–water partition coefficient (Wildman–Crippen LogP) is 2.14. The first-order valence-electron chi connectivity index (χ1n) is 6.58. The standard InChI is InChI=1S/C14H17F3N2O2/c1-10(20)18-12-4-2-3-11(7-12)8-19-6-5-13(21,9-19)14(15,16)17/h2-4,7,21H,5-6,8-9H2,1H3,(H,18,20)/t13-/m1/s1. The lowest BCUT2D eigenvalue weighted by molar-refractivity contribution is -0.254. The number of rotatable bonds is 3. The van der Waals surface area contributed by atoms with Crippen LogP contribution < -0.4 is 5.32 Å². The number of likely N-dealkylation sites (tertiary alicyclic amines) is 1. The van der Waals surface area contributed by atoms with Gasteiger partial charge >= 0.3 is 6.18 Å². The SMILES string of the molecule is CC(=O)Nc1cccc(CN2CC[C@](O)(C(F)(F)F)C2)c1. The van der Waals surface area contributed by atoms with E-state index >= 15 is 0 Å². The van der Waals surface area contributed by atoms with Crippen molar-refractivity contribution in [3.05, 3.63) is 29.8 Å². The molecule has 0 aromatic heterocycles. The van der Waals surface area contributed by atoms with Gasteiger partial charge in [0, 0.05) is 32.2 Å². The van der Waals surface area contributed by atoms with Crippen molar-refractivity contribution in [3.8, 4) is 0 Å². The van der Waals surface area contributed by atoms with Gasteiger partial charge in [-0.3, -0.25) is 9.69 Å². The Hall–Kier alpha value is -1.60. The minimum absolute atomic E-state index is 0.181. The molecule has 116 valence electrons. The van der Waals surface area contributed by atoms with E-state index in [4.69, 9.17) is 0 Å². The molecule has 0 saturated carbocycles. The Labute approximate surface area is 120 Å². The zero-order valence-electron chi connectivity index (χ0n) is 11.6. The zero-order chi connectivity index (χ0) is 15.7. The molecule has 1 aromatic rings. The van der Waals surface area contributed by atoms with Crippen LogP contribution in [-0.2, 0) is 11.3 Å². The van der Waals surface area contributed by atoms with Crippen molar-refractivity contribution in [1.82, 2.24) is 4.90 Å². The summed E-state index contributed by atoms with van der Waals surface area (Å²) in [5, 5.41) is 12.2. The highest BCUT2D eigenvalue weighted by molar-refractivity contribution is 5.88. The summed E-state index contributed by atoms with van der Waals surface area (Å²) in [7, 11) is 0. The maximum absolute atomic E-state index is 12.7. The average molecular weight is 302 g/mol.